The van der Waals surface area contributed by atoms with Crippen LogP contribution in [0.2, 0.25) is 0 Å². The van der Waals surface area contributed by atoms with Crippen molar-refractivity contribution in [1.82, 2.24) is 0 Å². The molecule has 0 bridgehead atoms. The molecule has 100 valence electrons. The number of aryl methyl sites for hydroxylation is 1. The van der Waals surface area contributed by atoms with E-state index in [1.165, 1.54) is 12.1 Å². The summed E-state index contributed by atoms with van der Waals surface area (Å²) in [5.74, 6) is 0.354. The van der Waals surface area contributed by atoms with E-state index in [0.717, 1.165) is 5.56 Å². The van der Waals surface area contributed by atoms with Gasteiger partial charge >= 0.3 is 0 Å². The summed E-state index contributed by atoms with van der Waals surface area (Å²) < 4.78 is 18.6. The third-order valence-electron chi connectivity index (χ3n) is 3.04. The summed E-state index contributed by atoms with van der Waals surface area (Å²) in [4.78, 5) is 0. The molecule has 0 saturated heterocycles. The van der Waals surface area contributed by atoms with Crippen LogP contribution in [0.1, 0.15) is 29.7 Å². The van der Waals surface area contributed by atoms with Gasteiger partial charge in [-0.05, 0) is 43.2 Å². The van der Waals surface area contributed by atoms with Gasteiger partial charge in [-0.3, -0.25) is 0 Å². The zero-order valence-corrected chi connectivity index (χ0v) is 11.1. The summed E-state index contributed by atoms with van der Waals surface area (Å²) in [5, 5.41) is 10.5. The third kappa shape index (κ3) is 2.93. The second kappa shape index (κ2) is 5.85. The van der Waals surface area contributed by atoms with Crippen molar-refractivity contribution >= 4 is 0 Å². The maximum atomic E-state index is 13.1. The largest absolute Gasteiger partial charge is 0.493 e. The molecule has 0 aliphatic rings. The van der Waals surface area contributed by atoms with E-state index in [2.05, 4.69) is 0 Å². The van der Waals surface area contributed by atoms with Crippen molar-refractivity contribution in [2.75, 3.05) is 6.61 Å². The number of hydrogen-bond donors (Lipinski definition) is 1. The van der Waals surface area contributed by atoms with Gasteiger partial charge in [-0.1, -0.05) is 24.3 Å². The zero-order valence-electron chi connectivity index (χ0n) is 11.1. The van der Waals surface area contributed by atoms with E-state index >= 15 is 0 Å². The molecule has 2 aromatic carbocycles. The lowest BCUT2D eigenvalue weighted by Crippen LogP contribution is -2.05. The number of hydrogen-bond acceptors (Lipinski definition) is 2. The van der Waals surface area contributed by atoms with Crippen LogP contribution >= 0.6 is 0 Å². The molecule has 2 rings (SSSR count). The maximum absolute atomic E-state index is 13.1. The van der Waals surface area contributed by atoms with Crippen molar-refractivity contribution in [2.45, 2.75) is 20.0 Å². The molecule has 0 aliphatic heterocycles. The van der Waals surface area contributed by atoms with E-state index in [-0.39, 0.29) is 5.82 Å². The molecule has 0 radical (unpaired) electrons. The number of para-hydroxylation sites is 1. The highest BCUT2D eigenvalue weighted by Crippen LogP contribution is 2.31. The first-order valence-electron chi connectivity index (χ1n) is 6.29. The van der Waals surface area contributed by atoms with Crippen LogP contribution < -0.4 is 4.74 Å². The molecule has 0 amide bonds. The van der Waals surface area contributed by atoms with E-state index in [1.807, 2.05) is 31.2 Å². The Balaban J connectivity index is 2.41. The first-order valence-corrected chi connectivity index (χ1v) is 6.29. The molecule has 0 heterocycles. The molecule has 1 atom stereocenters. The van der Waals surface area contributed by atoms with Gasteiger partial charge < -0.3 is 9.84 Å². The van der Waals surface area contributed by atoms with Gasteiger partial charge in [0.25, 0.3) is 0 Å². The van der Waals surface area contributed by atoms with Crippen molar-refractivity contribution in [3.05, 3.63) is 65.0 Å². The Labute approximate surface area is 112 Å². The molecular formula is C16H17FO2. The monoisotopic (exact) mass is 260 g/mol. The lowest BCUT2D eigenvalue weighted by atomic mass is 9.97. The fourth-order valence-corrected chi connectivity index (χ4v) is 2.11. The normalized spacial score (nSPS) is 12.2. The number of rotatable bonds is 4. The average Bonchev–Trinajstić information content (AvgIpc) is 2.39. The Kier molecular flexibility index (Phi) is 4.17. The summed E-state index contributed by atoms with van der Waals surface area (Å²) >= 11 is 0. The van der Waals surface area contributed by atoms with Crippen LogP contribution in [0.25, 0.3) is 0 Å². The molecule has 1 N–H and O–H groups in total. The van der Waals surface area contributed by atoms with Crippen molar-refractivity contribution in [1.29, 1.82) is 0 Å². The number of aliphatic hydroxyl groups excluding tert-OH is 1. The number of aliphatic hydroxyl groups is 1. The smallest absolute Gasteiger partial charge is 0.125 e. The van der Waals surface area contributed by atoms with E-state index in [1.54, 1.807) is 13.0 Å². The van der Waals surface area contributed by atoms with Gasteiger partial charge in [0.2, 0.25) is 0 Å². The maximum Gasteiger partial charge on any atom is 0.125 e. The van der Waals surface area contributed by atoms with Crippen LogP contribution in [0.5, 0.6) is 5.75 Å². The van der Waals surface area contributed by atoms with Gasteiger partial charge in [0, 0.05) is 5.56 Å². The van der Waals surface area contributed by atoms with E-state index in [0.29, 0.717) is 23.5 Å². The first kappa shape index (κ1) is 13.6. The fourth-order valence-electron chi connectivity index (χ4n) is 2.11. The van der Waals surface area contributed by atoms with Crippen molar-refractivity contribution in [2.24, 2.45) is 0 Å². The molecule has 3 heteroatoms. The number of benzene rings is 2. The third-order valence-corrected chi connectivity index (χ3v) is 3.04. The lowest BCUT2D eigenvalue weighted by Gasteiger charge is -2.17. The van der Waals surface area contributed by atoms with E-state index in [9.17, 15) is 9.50 Å². The second-order valence-electron chi connectivity index (χ2n) is 4.37. The Bertz CT molecular complexity index is 566. The minimum absolute atomic E-state index is 0.299. The summed E-state index contributed by atoms with van der Waals surface area (Å²) in [6.07, 6.45) is -0.816. The molecular weight excluding hydrogens is 243 g/mol. The van der Waals surface area contributed by atoms with Crippen molar-refractivity contribution < 1.29 is 14.2 Å². The molecule has 19 heavy (non-hydrogen) atoms. The molecule has 0 saturated carbocycles. The van der Waals surface area contributed by atoms with Crippen LogP contribution in [-0.4, -0.2) is 11.7 Å². The van der Waals surface area contributed by atoms with Crippen LogP contribution in [0.3, 0.4) is 0 Å². The average molecular weight is 260 g/mol. The Morgan fingerprint density at radius 1 is 1.16 bits per heavy atom. The SMILES string of the molecule is CCOc1ccccc1C(O)c1ccc(F)cc1C. The lowest BCUT2D eigenvalue weighted by molar-refractivity contribution is 0.211. The molecule has 2 nitrogen and oxygen atoms in total. The quantitative estimate of drug-likeness (QED) is 0.909. The van der Waals surface area contributed by atoms with Gasteiger partial charge in [-0.15, -0.1) is 0 Å². The highest BCUT2D eigenvalue weighted by molar-refractivity contribution is 5.42. The van der Waals surface area contributed by atoms with Crippen molar-refractivity contribution in [3.63, 3.8) is 0 Å². The molecule has 0 aromatic heterocycles. The van der Waals surface area contributed by atoms with Gasteiger partial charge in [-0.25, -0.2) is 4.39 Å². The van der Waals surface area contributed by atoms with Crippen LogP contribution in [-0.2, 0) is 0 Å². The predicted octanol–water partition coefficient (Wildman–Crippen LogP) is 3.61. The molecule has 0 aliphatic carbocycles. The Morgan fingerprint density at radius 2 is 1.89 bits per heavy atom. The van der Waals surface area contributed by atoms with Crippen molar-refractivity contribution in [3.8, 4) is 5.75 Å². The molecule has 1 unspecified atom stereocenters. The van der Waals surface area contributed by atoms with Crippen LogP contribution in [0.15, 0.2) is 42.5 Å². The van der Waals surface area contributed by atoms with Crippen LogP contribution in [0.4, 0.5) is 4.39 Å². The highest BCUT2D eigenvalue weighted by Gasteiger charge is 2.17. The van der Waals surface area contributed by atoms with E-state index in [4.69, 9.17) is 4.74 Å². The van der Waals surface area contributed by atoms with E-state index < -0.39 is 6.10 Å². The van der Waals surface area contributed by atoms with Gasteiger partial charge in [0.15, 0.2) is 0 Å². The second-order valence-corrected chi connectivity index (χ2v) is 4.37. The van der Waals surface area contributed by atoms with Gasteiger partial charge in [-0.2, -0.15) is 0 Å². The topological polar surface area (TPSA) is 29.5 Å². The van der Waals surface area contributed by atoms with Crippen LogP contribution in [0, 0.1) is 12.7 Å². The summed E-state index contributed by atoms with van der Waals surface area (Å²) in [7, 11) is 0. The summed E-state index contributed by atoms with van der Waals surface area (Å²) in [5.41, 5.74) is 2.10. The summed E-state index contributed by atoms with van der Waals surface area (Å²) in [6, 6.07) is 11.7. The molecule has 0 fully saturated rings. The first-order chi connectivity index (χ1) is 9.13. The zero-order chi connectivity index (χ0) is 13.8. The van der Waals surface area contributed by atoms with Gasteiger partial charge in [0.05, 0.1) is 6.61 Å². The molecule has 0 spiro atoms. The minimum atomic E-state index is -0.816. The Morgan fingerprint density at radius 3 is 2.58 bits per heavy atom. The Hall–Kier alpha value is -1.87. The number of halogens is 1. The molecule has 2 aromatic rings. The fraction of sp³-hybridized carbons (Fsp3) is 0.250. The number of ether oxygens (including phenoxy) is 1. The predicted molar refractivity (Wildman–Crippen MR) is 72.8 cm³/mol. The highest BCUT2D eigenvalue weighted by atomic mass is 19.1. The summed E-state index contributed by atoms with van der Waals surface area (Å²) in [6.45, 7) is 4.21. The minimum Gasteiger partial charge on any atom is -0.493 e. The standard InChI is InChI=1S/C16H17FO2/c1-3-19-15-7-5-4-6-14(15)16(18)13-9-8-12(17)10-11(13)2/h4-10,16,18H,3H2,1-2H3. The van der Waals surface area contributed by atoms with Gasteiger partial charge in [0.1, 0.15) is 17.7 Å².